The first kappa shape index (κ1) is 16.9. The molecule has 0 bridgehead atoms. The zero-order chi connectivity index (χ0) is 16.9. The van der Waals surface area contributed by atoms with Crippen molar-refractivity contribution in [2.75, 3.05) is 19.6 Å². The van der Waals surface area contributed by atoms with E-state index in [0.717, 1.165) is 19.2 Å². The molecular formula is C19H20ClFN2O. The van der Waals surface area contributed by atoms with E-state index < -0.39 is 5.82 Å². The third kappa shape index (κ3) is 3.94. The van der Waals surface area contributed by atoms with Gasteiger partial charge in [0.2, 0.25) is 0 Å². The Bertz CT molecular complexity index is 702. The van der Waals surface area contributed by atoms with Gasteiger partial charge in [0.05, 0.1) is 16.6 Å². The third-order valence-corrected chi connectivity index (χ3v) is 4.71. The molecule has 1 fully saturated rings. The van der Waals surface area contributed by atoms with E-state index in [0.29, 0.717) is 12.1 Å². The maximum Gasteiger partial charge on any atom is 0.252 e. The van der Waals surface area contributed by atoms with E-state index in [1.807, 2.05) is 18.2 Å². The molecule has 1 N–H and O–H groups in total. The fraction of sp³-hybridized carbons (Fsp3) is 0.316. The Morgan fingerprint density at radius 3 is 2.54 bits per heavy atom. The number of carbonyl (C=O) groups excluding carboxylic acids is 1. The number of halogens is 2. The van der Waals surface area contributed by atoms with Crippen LogP contribution >= 0.6 is 11.6 Å². The summed E-state index contributed by atoms with van der Waals surface area (Å²) in [4.78, 5) is 14.8. The second-order valence-corrected chi connectivity index (χ2v) is 6.41. The summed E-state index contributed by atoms with van der Waals surface area (Å²) in [7, 11) is 0. The van der Waals surface area contributed by atoms with E-state index >= 15 is 0 Å². The van der Waals surface area contributed by atoms with Crippen LogP contribution in [-0.2, 0) is 0 Å². The molecule has 0 aromatic heterocycles. The van der Waals surface area contributed by atoms with Gasteiger partial charge in [0.15, 0.2) is 0 Å². The Kier molecular flexibility index (Phi) is 5.48. The predicted octanol–water partition coefficient (Wildman–Crippen LogP) is 4.05. The Hall–Kier alpha value is -1.91. The molecule has 5 heteroatoms. The van der Waals surface area contributed by atoms with Crippen molar-refractivity contribution in [3.8, 4) is 0 Å². The van der Waals surface area contributed by atoms with E-state index in [-0.39, 0.29) is 17.0 Å². The first-order valence-corrected chi connectivity index (χ1v) is 8.55. The molecule has 0 aliphatic carbocycles. The number of nitrogens with zero attached hydrogens (tertiary/aromatic N) is 1. The minimum absolute atomic E-state index is 0.130. The van der Waals surface area contributed by atoms with Gasteiger partial charge in [-0.1, -0.05) is 41.9 Å². The highest BCUT2D eigenvalue weighted by atomic mass is 35.5. The molecule has 1 amide bonds. The largest absolute Gasteiger partial charge is 0.350 e. The summed E-state index contributed by atoms with van der Waals surface area (Å²) in [5, 5.41) is 3.08. The SMILES string of the molecule is O=C(NC[C@@H](c1ccccc1)N1CCCC1)c1ccc(F)cc1Cl. The third-order valence-electron chi connectivity index (χ3n) is 4.40. The molecule has 1 atom stereocenters. The van der Waals surface area contributed by atoms with E-state index in [9.17, 15) is 9.18 Å². The van der Waals surface area contributed by atoms with Crippen molar-refractivity contribution < 1.29 is 9.18 Å². The molecule has 0 radical (unpaired) electrons. The van der Waals surface area contributed by atoms with Gasteiger partial charge in [-0.15, -0.1) is 0 Å². The van der Waals surface area contributed by atoms with Crippen molar-refractivity contribution >= 4 is 17.5 Å². The fourth-order valence-electron chi connectivity index (χ4n) is 3.14. The minimum Gasteiger partial charge on any atom is -0.350 e. The number of rotatable bonds is 5. The van der Waals surface area contributed by atoms with Crippen LogP contribution in [0.5, 0.6) is 0 Å². The average molecular weight is 347 g/mol. The van der Waals surface area contributed by atoms with Crippen LogP contribution in [0.3, 0.4) is 0 Å². The van der Waals surface area contributed by atoms with Crippen LogP contribution in [0.1, 0.15) is 34.8 Å². The predicted molar refractivity (Wildman–Crippen MR) is 93.7 cm³/mol. The highest BCUT2D eigenvalue weighted by molar-refractivity contribution is 6.33. The van der Waals surface area contributed by atoms with Crippen LogP contribution in [-0.4, -0.2) is 30.4 Å². The van der Waals surface area contributed by atoms with Gasteiger partial charge >= 0.3 is 0 Å². The number of hydrogen-bond acceptors (Lipinski definition) is 2. The van der Waals surface area contributed by atoms with Crippen molar-refractivity contribution in [2.45, 2.75) is 18.9 Å². The fourth-order valence-corrected chi connectivity index (χ4v) is 3.40. The standard InChI is InChI=1S/C19H20ClFN2O/c20-17-12-15(21)8-9-16(17)19(24)22-13-18(23-10-4-5-11-23)14-6-2-1-3-7-14/h1-3,6-9,12,18H,4-5,10-11,13H2,(H,22,24)/t18-/m0/s1. The topological polar surface area (TPSA) is 32.3 Å². The summed E-state index contributed by atoms with van der Waals surface area (Å²) in [5.74, 6) is -0.726. The van der Waals surface area contributed by atoms with Crippen LogP contribution < -0.4 is 5.32 Å². The molecule has 3 rings (SSSR count). The summed E-state index contributed by atoms with van der Waals surface area (Å²) in [6.45, 7) is 2.57. The molecule has 0 saturated carbocycles. The first-order chi connectivity index (χ1) is 11.6. The first-order valence-electron chi connectivity index (χ1n) is 8.17. The van der Waals surface area contributed by atoms with Crippen molar-refractivity contribution in [3.63, 3.8) is 0 Å². The van der Waals surface area contributed by atoms with Gasteiger partial charge in [0.1, 0.15) is 5.82 Å². The molecule has 1 heterocycles. The van der Waals surface area contributed by atoms with E-state index in [1.165, 1.54) is 30.5 Å². The van der Waals surface area contributed by atoms with E-state index in [4.69, 9.17) is 11.6 Å². The molecule has 24 heavy (non-hydrogen) atoms. The van der Waals surface area contributed by atoms with Crippen molar-refractivity contribution in [1.29, 1.82) is 0 Å². The van der Waals surface area contributed by atoms with Crippen molar-refractivity contribution in [1.82, 2.24) is 10.2 Å². The molecule has 1 saturated heterocycles. The number of likely N-dealkylation sites (tertiary alicyclic amines) is 1. The molecule has 3 nitrogen and oxygen atoms in total. The van der Waals surface area contributed by atoms with E-state index in [2.05, 4.69) is 22.3 Å². The van der Waals surface area contributed by atoms with Gasteiger partial charge in [-0.2, -0.15) is 0 Å². The Labute approximate surface area is 146 Å². The number of hydrogen-bond donors (Lipinski definition) is 1. The lowest BCUT2D eigenvalue weighted by molar-refractivity contribution is 0.0938. The zero-order valence-electron chi connectivity index (χ0n) is 13.3. The maximum atomic E-state index is 13.1. The average Bonchev–Trinajstić information content (AvgIpc) is 3.10. The summed E-state index contributed by atoms with van der Waals surface area (Å²) >= 11 is 5.97. The molecule has 1 aliphatic rings. The highest BCUT2D eigenvalue weighted by Crippen LogP contribution is 2.25. The lowest BCUT2D eigenvalue weighted by Gasteiger charge is -2.28. The summed E-state index contributed by atoms with van der Waals surface area (Å²) in [6, 6.07) is 14.1. The molecule has 0 spiro atoms. The van der Waals surface area contributed by atoms with Crippen molar-refractivity contribution in [3.05, 3.63) is 70.5 Å². The molecule has 0 unspecified atom stereocenters. The number of amides is 1. The molecule has 2 aromatic rings. The minimum atomic E-state index is -0.448. The van der Waals surface area contributed by atoms with Crippen LogP contribution in [0.2, 0.25) is 5.02 Å². The number of carbonyl (C=O) groups is 1. The Morgan fingerprint density at radius 1 is 1.17 bits per heavy atom. The molecule has 1 aliphatic heterocycles. The van der Waals surface area contributed by atoms with Crippen LogP contribution in [0.4, 0.5) is 4.39 Å². The lowest BCUT2D eigenvalue weighted by Crippen LogP contribution is -2.36. The maximum absolute atomic E-state index is 13.1. The Balaban J connectivity index is 1.72. The van der Waals surface area contributed by atoms with Crippen LogP contribution in [0.25, 0.3) is 0 Å². The Morgan fingerprint density at radius 2 is 1.88 bits per heavy atom. The number of nitrogens with one attached hydrogen (secondary N) is 1. The van der Waals surface area contributed by atoms with Gasteiger partial charge in [0.25, 0.3) is 5.91 Å². The second-order valence-electron chi connectivity index (χ2n) is 6.00. The van der Waals surface area contributed by atoms with Gasteiger partial charge in [-0.25, -0.2) is 4.39 Å². The monoisotopic (exact) mass is 346 g/mol. The van der Waals surface area contributed by atoms with Gasteiger partial charge in [0, 0.05) is 6.54 Å². The zero-order valence-corrected chi connectivity index (χ0v) is 14.1. The van der Waals surface area contributed by atoms with Crippen LogP contribution in [0, 0.1) is 5.82 Å². The van der Waals surface area contributed by atoms with Gasteiger partial charge in [-0.05, 0) is 49.7 Å². The smallest absolute Gasteiger partial charge is 0.252 e. The quantitative estimate of drug-likeness (QED) is 0.886. The van der Waals surface area contributed by atoms with Crippen LogP contribution in [0.15, 0.2) is 48.5 Å². The summed E-state index contributed by atoms with van der Waals surface area (Å²) < 4.78 is 13.1. The molecular weight excluding hydrogens is 327 g/mol. The normalized spacial score (nSPS) is 16.1. The highest BCUT2D eigenvalue weighted by Gasteiger charge is 2.24. The lowest BCUT2D eigenvalue weighted by atomic mass is 10.1. The van der Waals surface area contributed by atoms with Crippen molar-refractivity contribution in [2.24, 2.45) is 0 Å². The molecule has 126 valence electrons. The summed E-state index contributed by atoms with van der Waals surface area (Å²) in [6.07, 6.45) is 2.36. The van der Waals surface area contributed by atoms with Gasteiger partial charge in [-0.3, -0.25) is 9.69 Å². The molecule has 2 aromatic carbocycles. The van der Waals surface area contributed by atoms with E-state index in [1.54, 1.807) is 0 Å². The van der Waals surface area contributed by atoms with Gasteiger partial charge < -0.3 is 5.32 Å². The summed E-state index contributed by atoms with van der Waals surface area (Å²) in [5.41, 5.74) is 1.48. The number of benzene rings is 2. The second kappa shape index (κ2) is 7.77.